The number of para-hydroxylation sites is 3. The fraction of sp³-hybridized carbons (Fsp3) is 0.179. The van der Waals surface area contributed by atoms with Crippen LogP contribution < -0.4 is 10.1 Å². The van der Waals surface area contributed by atoms with Gasteiger partial charge in [-0.05, 0) is 55.3 Å². The lowest BCUT2D eigenvalue weighted by Crippen LogP contribution is -2.38. The molecule has 166 valence electrons. The fourth-order valence-electron chi connectivity index (χ4n) is 4.57. The van der Waals surface area contributed by atoms with E-state index in [0.29, 0.717) is 24.6 Å². The van der Waals surface area contributed by atoms with Crippen LogP contribution >= 0.6 is 0 Å². The maximum atomic E-state index is 13.8. The minimum Gasteiger partial charge on any atom is -0.492 e. The molecule has 0 saturated heterocycles. The Bertz CT molecular complexity index is 1290. The first-order valence-corrected chi connectivity index (χ1v) is 11.3. The SMILES string of the molecule is CCOc1ccccc1NC(=O)N1Cc2ccccc2-n2cccc2[C@H]1c1cccc(C)c1. The smallest absolute Gasteiger partial charge is 0.323 e. The Hall–Kier alpha value is -3.99. The van der Waals surface area contributed by atoms with E-state index < -0.39 is 0 Å². The molecule has 33 heavy (non-hydrogen) atoms. The van der Waals surface area contributed by atoms with Crippen molar-refractivity contribution in [2.45, 2.75) is 26.4 Å². The molecule has 1 aliphatic rings. The van der Waals surface area contributed by atoms with Crippen LogP contribution in [0.2, 0.25) is 0 Å². The van der Waals surface area contributed by atoms with Crippen LogP contribution in [0.5, 0.6) is 5.75 Å². The zero-order valence-corrected chi connectivity index (χ0v) is 18.9. The number of anilines is 1. The first-order chi connectivity index (χ1) is 16.2. The van der Waals surface area contributed by atoms with E-state index >= 15 is 0 Å². The molecule has 0 unspecified atom stereocenters. The molecule has 5 heteroatoms. The highest BCUT2D eigenvalue weighted by Crippen LogP contribution is 2.37. The van der Waals surface area contributed by atoms with Gasteiger partial charge in [0.15, 0.2) is 0 Å². The van der Waals surface area contributed by atoms with Gasteiger partial charge in [0.25, 0.3) is 0 Å². The Kier molecular flexibility index (Phi) is 5.61. The van der Waals surface area contributed by atoms with Gasteiger partial charge in [-0.25, -0.2) is 4.79 Å². The number of carbonyl (C=O) groups excluding carboxylic acids is 1. The number of benzene rings is 3. The summed E-state index contributed by atoms with van der Waals surface area (Å²) < 4.78 is 7.94. The molecule has 2 heterocycles. The van der Waals surface area contributed by atoms with Crippen molar-refractivity contribution < 1.29 is 9.53 Å². The highest BCUT2D eigenvalue weighted by molar-refractivity contribution is 5.91. The van der Waals surface area contributed by atoms with Crippen molar-refractivity contribution in [1.82, 2.24) is 9.47 Å². The van der Waals surface area contributed by atoms with Crippen LogP contribution in [0.1, 0.15) is 35.3 Å². The van der Waals surface area contributed by atoms with Gasteiger partial charge < -0.3 is 19.5 Å². The van der Waals surface area contributed by atoms with Crippen molar-refractivity contribution in [2.24, 2.45) is 0 Å². The lowest BCUT2D eigenvalue weighted by Gasteiger charge is -2.31. The van der Waals surface area contributed by atoms with Gasteiger partial charge in [0.05, 0.1) is 30.6 Å². The maximum Gasteiger partial charge on any atom is 0.323 e. The van der Waals surface area contributed by atoms with Crippen molar-refractivity contribution >= 4 is 11.7 Å². The van der Waals surface area contributed by atoms with Crippen molar-refractivity contribution in [3.05, 3.63) is 114 Å². The third-order valence-corrected chi connectivity index (χ3v) is 6.01. The van der Waals surface area contributed by atoms with Crippen LogP contribution in [-0.2, 0) is 6.54 Å². The first kappa shape index (κ1) is 20.9. The zero-order valence-electron chi connectivity index (χ0n) is 18.9. The summed E-state index contributed by atoms with van der Waals surface area (Å²) >= 11 is 0. The highest BCUT2D eigenvalue weighted by Gasteiger charge is 2.33. The van der Waals surface area contributed by atoms with Crippen molar-refractivity contribution in [1.29, 1.82) is 0 Å². The monoisotopic (exact) mass is 437 g/mol. The third kappa shape index (κ3) is 3.98. The molecule has 5 rings (SSSR count). The number of hydrogen-bond acceptors (Lipinski definition) is 2. The molecule has 3 aromatic carbocycles. The second-order valence-electron chi connectivity index (χ2n) is 8.24. The van der Waals surface area contributed by atoms with Crippen LogP contribution in [-0.4, -0.2) is 22.1 Å². The van der Waals surface area contributed by atoms with Gasteiger partial charge in [-0.3, -0.25) is 0 Å². The van der Waals surface area contributed by atoms with Crippen LogP contribution in [0.4, 0.5) is 10.5 Å². The van der Waals surface area contributed by atoms with Gasteiger partial charge >= 0.3 is 6.03 Å². The van der Waals surface area contributed by atoms with Crippen LogP contribution in [0.3, 0.4) is 0 Å². The number of amides is 2. The first-order valence-electron chi connectivity index (χ1n) is 11.3. The molecule has 0 bridgehead atoms. The summed E-state index contributed by atoms with van der Waals surface area (Å²) in [7, 11) is 0. The maximum absolute atomic E-state index is 13.8. The molecule has 0 spiro atoms. The Morgan fingerprint density at radius 1 is 1.00 bits per heavy atom. The normalized spacial score (nSPS) is 14.7. The molecule has 0 aliphatic carbocycles. The summed E-state index contributed by atoms with van der Waals surface area (Å²) in [5.74, 6) is 0.666. The average molecular weight is 438 g/mol. The number of hydrogen-bond donors (Lipinski definition) is 1. The molecule has 0 saturated carbocycles. The number of nitrogens with one attached hydrogen (secondary N) is 1. The second-order valence-corrected chi connectivity index (χ2v) is 8.24. The summed E-state index contributed by atoms with van der Waals surface area (Å²) in [4.78, 5) is 15.7. The van der Waals surface area contributed by atoms with Crippen molar-refractivity contribution in [3.8, 4) is 11.4 Å². The Morgan fingerprint density at radius 2 is 1.82 bits per heavy atom. The lowest BCUT2D eigenvalue weighted by atomic mass is 10.00. The average Bonchev–Trinajstić information content (AvgIpc) is 3.24. The van der Waals surface area contributed by atoms with E-state index in [4.69, 9.17) is 4.74 Å². The molecule has 0 radical (unpaired) electrons. The Labute approximate surface area is 194 Å². The predicted octanol–water partition coefficient (Wildman–Crippen LogP) is 6.32. The van der Waals surface area contributed by atoms with Crippen molar-refractivity contribution in [3.63, 3.8) is 0 Å². The van der Waals surface area contributed by atoms with E-state index in [2.05, 4.69) is 65.5 Å². The number of carbonyl (C=O) groups is 1. The third-order valence-electron chi connectivity index (χ3n) is 6.01. The molecule has 1 aromatic heterocycles. The number of rotatable bonds is 4. The molecular formula is C28H27N3O2. The number of nitrogens with zero attached hydrogens (tertiary/aromatic N) is 2. The van der Waals surface area contributed by atoms with Gasteiger partial charge in [0, 0.05) is 11.9 Å². The molecule has 1 aliphatic heterocycles. The quantitative estimate of drug-likeness (QED) is 0.406. The summed E-state index contributed by atoms with van der Waals surface area (Å²) in [6.45, 7) is 5.03. The number of ether oxygens (including phenoxy) is 1. The van der Waals surface area contributed by atoms with E-state index in [1.54, 1.807) is 0 Å². The van der Waals surface area contributed by atoms with E-state index in [0.717, 1.165) is 28.1 Å². The predicted molar refractivity (Wildman–Crippen MR) is 131 cm³/mol. The van der Waals surface area contributed by atoms with E-state index in [-0.39, 0.29) is 12.1 Å². The molecule has 2 amide bonds. The second kappa shape index (κ2) is 8.87. The molecule has 5 nitrogen and oxygen atoms in total. The largest absolute Gasteiger partial charge is 0.492 e. The highest BCUT2D eigenvalue weighted by atomic mass is 16.5. The molecule has 0 fully saturated rings. The lowest BCUT2D eigenvalue weighted by molar-refractivity contribution is 0.194. The number of urea groups is 1. The van der Waals surface area contributed by atoms with Crippen molar-refractivity contribution in [2.75, 3.05) is 11.9 Å². The minimum absolute atomic E-state index is 0.168. The summed E-state index contributed by atoms with van der Waals surface area (Å²) in [6.07, 6.45) is 2.07. The Morgan fingerprint density at radius 3 is 2.67 bits per heavy atom. The summed E-state index contributed by atoms with van der Waals surface area (Å²) in [6, 6.07) is 27.9. The number of fused-ring (bicyclic) bond motifs is 3. The van der Waals surface area contributed by atoms with Gasteiger partial charge in [0.2, 0.25) is 0 Å². The van der Waals surface area contributed by atoms with E-state index in [9.17, 15) is 4.79 Å². The number of aryl methyl sites for hydroxylation is 1. The van der Waals surface area contributed by atoms with Crippen LogP contribution in [0, 0.1) is 6.92 Å². The van der Waals surface area contributed by atoms with Gasteiger partial charge in [-0.15, -0.1) is 0 Å². The van der Waals surface area contributed by atoms with Gasteiger partial charge in [0.1, 0.15) is 5.75 Å². The molecule has 1 atom stereocenters. The van der Waals surface area contributed by atoms with Crippen LogP contribution in [0.15, 0.2) is 91.1 Å². The minimum atomic E-state index is -0.244. The van der Waals surface area contributed by atoms with Gasteiger partial charge in [-0.1, -0.05) is 60.2 Å². The number of aromatic nitrogens is 1. The van der Waals surface area contributed by atoms with Gasteiger partial charge in [-0.2, -0.15) is 0 Å². The summed E-state index contributed by atoms with van der Waals surface area (Å²) in [5, 5.41) is 3.11. The molecule has 1 N–H and O–H groups in total. The fourth-order valence-corrected chi connectivity index (χ4v) is 4.57. The van der Waals surface area contributed by atoms with Crippen LogP contribution in [0.25, 0.3) is 5.69 Å². The molecular weight excluding hydrogens is 410 g/mol. The van der Waals surface area contributed by atoms with E-state index in [1.165, 1.54) is 0 Å². The topological polar surface area (TPSA) is 46.5 Å². The Balaban J connectivity index is 1.62. The standard InChI is InChI=1S/C28H27N3O2/c1-3-33-26-16-7-5-13-23(26)29-28(32)31-19-22-11-4-6-14-24(22)30-17-9-15-25(30)27(31)21-12-8-10-20(2)18-21/h4-18,27H,3,19H2,1-2H3,(H,29,32)/t27-/m1/s1. The zero-order chi connectivity index (χ0) is 22.8. The molecule has 4 aromatic rings. The van der Waals surface area contributed by atoms with E-state index in [1.807, 2.05) is 54.3 Å². The summed E-state index contributed by atoms with van der Waals surface area (Å²) in [5.41, 5.74) is 6.16.